The number of Topliss-reactive ketones (excluding diaryl/α,β-unsaturated/α-hetero) is 2. The van der Waals surface area contributed by atoms with Gasteiger partial charge < -0.3 is 40.3 Å². The Labute approximate surface area is 425 Å². The first-order valence-electron chi connectivity index (χ1n) is 25.1. The van der Waals surface area contributed by atoms with Gasteiger partial charge in [0.25, 0.3) is 0 Å². The number of fused-ring (bicyclic) bond motifs is 2. The highest BCUT2D eigenvalue weighted by molar-refractivity contribution is 5.98. The highest BCUT2D eigenvalue weighted by Crippen LogP contribution is 2.36. The summed E-state index contributed by atoms with van der Waals surface area (Å²) < 4.78 is 25.9. The number of carbonyl (C=O) groups excluding carboxylic acids is 9. The number of likely N-dealkylation sites (N-methyl/N-ethyl adjacent to an activating group) is 1. The number of amides is 5. The summed E-state index contributed by atoms with van der Waals surface area (Å²) >= 11 is 0. The molecule has 3 aromatic rings. The second kappa shape index (κ2) is 25.2. The number of aliphatic hydroxyl groups excluding tert-OH is 1. The molecule has 4 N–H and O–H groups in total. The number of rotatable bonds is 15. The number of hydrogen-bond acceptors (Lipinski definition) is 12. The molecule has 0 radical (unpaired) electrons. The molecule has 10 atom stereocenters. The van der Waals surface area contributed by atoms with Gasteiger partial charge in [-0.1, -0.05) is 93.6 Å². The number of esters is 2. The fraction of sp³-hybridized carbons (Fsp3) is 0.509. The van der Waals surface area contributed by atoms with Crippen molar-refractivity contribution in [2.24, 2.45) is 29.6 Å². The van der Waals surface area contributed by atoms with Crippen LogP contribution in [0.1, 0.15) is 96.3 Å². The molecule has 2 heterocycles. The van der Waals surface area contributed by atoms with E-state index in [2.05, 4.69) is 16.0 Å². The molecule has 17 nitrogen and oxygen atoms in total. The van der Waals surface area contributed by atoms with Crippen LogP contribution in [-0.4, -0.2) is 118 Å². The van der Waals surface area contributed by atoms with E-state index in [1.54, 1.807) is 74.5 Å². The Bertz CT molecular complexity index is 2490. The van der Waals surface area contributed by atoms with Crippen molar-refractivity contribution in [2.45, 2.75) is 142 Å². The van der Waals surface area contributed by atoms with Crippen LogP contribution >= 0.6 is 0 Å². The zero-order valence-electron chi connectivity index (χ0n) is 42.3. The van der Waals surface area contributed by atoms with Crippen LogP contribution in [0, 0.1) is 35.4 Å². The number of nitrogens with one attached hydrogen (secondary N) is 3. The van der Waals surface area contributed by atoms with E-state index < -0.39 is 131 Å². The predicted octanol–water partition coefficient (Wildman–Crippen LogP) is 4.15. The second-order valence-corrected chi connectivity index (χ2v) is 20.1. The summed E-state index contributed by atoms with van der Waals surface area (Å²) in [6, 6.07) is 16.7. The van der Waals surface area contributed by atoms with Crippen LogP contribution in [0.15, 0.2) is 84.9 Å². The molecule has 1 saturated carbocycles. The maximum absolute atomic E-state index is 15.0. The van der Waals surface area contributed by atoms with Gasteiger partial charge in [0.1, 0.15) is 42.9 Å². The van der Waals surface area contributed by atoms with Crippen molar-refractivity contribution in [3.8, 4) is 0 Å². The molecule has 3 aliphatic rings. The average Bonchev–Trinajstić information content (AvgIpc) is 4.21. The first kappa shape index (κ1) is 55.5. The van der Waals surface area contributed by atoms with E-state index in [0.29, 0.717) is 24.0 Å². The van der Waals surface area contributed by atoms with Gasteiger partial charge in [0.15, 0.2) is 11.6 Å². The number of carbonyl (C=O) groups is 9. The van der Waals surface area contributed by atoms with Crippen LogP contribution in [0.5, 0.6) is 0 Å². The van der Waals surface area contributed by atoms with Crippen LogP contribution < -0.4 is 16.0 Å². The molecule has 3 aromatic carbocycles. The largest absolute Gasteiger partial charge is 0.461 e. The van der Waals surface area contributed by atoms with E-state index in [-0.39, 0.29) is 51.0 Å². The molecule has 18 heteroatoms. The summed E-state index contributed by atoms with van der Waals surface area (Å²) in [6.45, 7) is 7.63. The molecule has 0 aromatic heterocycles. The number of hydrogen-bond donors (Lipinski definition) is 4. The van der Waals surface area contributed by atoms with Crippen molar-refractivity contribution < 1.29 is 62.1 Å². The van der Waals surface area contributed by atoms with Crippen molar-refractivity contribution >= 4 is 53.0 Å². The fourth-order valence-corrected chi connectivity index (χ4v) is 9.39. The SMILES string of the molecule is CC(C)[C@@H]1NC(=O)[C@H](Cc2ccccc2)N(C)C(=O)[C@H](Cc2cccc(F)c2)N2C(=O)[C@H](CC[C@H]2O)CC(=O)[C@H](C2CC2)NC(=O)[C@@H](CC(=O)[C@H](C)NC(=O)[C@H](C)CC(=O)OCc2ccccc2)[C@@H](C)OC1=O. The lowest BCUT2D eigenvalue weighted by molar-refractivity contribution is -0.167. The van der Waals surface area contributed by atoms with Gasteiger partial charge in [-0.2, -0.15) is 0 Å². The molecule has 0 unspecified atom stereocenters. The molecule has 1 aliphatic carbocycles. The normalized spacial score (nSPS) is 25.5. The molecule has 73 heavy (non-hydrogen) atoms. The molecule has 2 saturated heterocycles. The Balaban J connectivity index is 1.31. The molecular formula is C55H68FN5O12. The quantitative estimate of drug-likeness (QED) is 0.157. The summed E-state index contributed by atoms with van der Waals surface area (Å²) in [6.07, 6.45) is -3.27. The zero-order chi connectivity index (χ0) is 53.1. The highest BCUT2D eigenvalue weighted by Gasteiger charge is 2.47. The Morgan fingerprint density at radius 1 is 0.795 bits per heavy atom. The average molecular weight is 1010 g/mol. The number of benzene rings is 3. The molecule has 392 valence electrons. The Kier molecular flexibility index (Phi) is 19.2. The van der Waals surface area contributed by atoms with Gasteiger partial charge >= 0.3 is 11.9 Å². The second-order valence-electron chi connectivity index (χ2n) is 20.1. The lowest BCUT2D eigenvalue weighted by atomic mass is 9.86. The Hall–Kier alpha value is -6.82. The first-order chi connectivity index (χ1) is 34.7. The zero-order valence-corrected chi connectivity index (χ0v) is 42.3. The number of ketones is 2. The van der Waals surface area contributed by atoms with Gasteiger partial charge in [-0.15, -0.1) is 0 Å². The number of cyclic esters (lactones) is 1. The summed E-state index contributed by atoms with van der Waals surface area (Å²) in [7, 11) is 1.37. The van der Waals surface area contributed by atoms with Gasteiger partial charge in [-0.05, 0) is 80.2 Å². The first-order valence-corrected chi connectivity index (χ1v) is 25.1. The van der Waals surface area contributed by atoms with Crippen molar-refractivity contribution in [1.82, 2.24) is 25.8 Å². The molecule has 2 bridgehead atoms. The molecule has 3 fully saturated rings. The number of aliphatic hydroxyl groups is 1. The van der Waals surface area contributed by atoms with E-state index in [4.69, 9.17) is 9.47 Å². The van der Waals surface area contributed by atoms with E-state index in [1.165, 1.54) is 46.0 Å². The van der Waals surface area contributed by atoms with Gasteiger partial charge in [-0.25, -0.2) is 9.18 Å². The van der Waals surface area contributed by atoms with Crippen LogP contribution in [0.25, 0.3) is 0 Å². The van der Waals surface area contributed by atoms with Gasteiger partial charge in [-0.3, -0.25) is 38.4 Å². The Morgan fingerprint density at radius 2 is 1.42 bits per heavy atom. The van der Waals surface area contributed by atoms with Crippen LogP contribution in [-0.2, 0) is 72.1 Å². The minimum Gasteiger partial charge on any atom is -0.461 e. The number of nitrogens with zero attached hydrogens (tertiary/aromatic N) is 2. The van der Waals surface area contributed by atoms with E-state index >= 15 is 4.79 Å². The van der Waals surface area contributed by atoms with Gasteiger partial charge in [0, 0.05) is 44.6 Å². The van der Waals surface area contributed by atoms with Gasteiger partial charge in [0.2, 0.25) is 29.5 Å². The summed E-state index contributed by atoms with van der Waals surface area (Å²) in [5, 5.41) is 19.7. The van der Waals surface area contributed by atoms with Crippen LogP contribution in [0.4, 0.5) is 4.39 Å². The monoisotopic (exact) mass is 1010 g/mol. The molecule has 5 amide bonds. The van der Waals surface area contributed by atoms with Crippen molar-refractivity contribution in [3.63, 3.8) is 0 Å². The maximum Gasteiger partial charge on any atom is 0.329 e. The third-order valence-corrected chi connectivity index (χ3v) is 14.1. The molecular weight excluding hydrogens is 942 g/mol. The van der Waals surface area contributed by atoms with Crippen LogP contribution in [0.2, 0.25) is 0 Å². The number of halogens is 1. The standard InChI is InChI=1S/C55H68FN5O12/c1-31(2)48-55(71)73-34(5)41(29-44(62)33(4)57-50(66)32(3)24-47(65)72-30-36-16-11-8-12-17-36)51(67)59-49(38-20-21-38)45(63)28-39-22-23-46(64)61(53(39)69)43(27-37-18-13-19-40(56)25-37)54(70)60(6)42(52(68)58-48)26-35-14-9-7-10-15-35/h7-19,25,31-34,38-39,41-43,46,48-49,64H,20-24,26-30H2,1-6H3,(H,57,66)(H,58,68)(H,59,67)/t32-,33+,34-,39-,41+,42+,43+,46-,48+,49+/m1/s1. The fourth-order valence-electron chi connectivity index (χ4n) is 9.39. The third-order valence-electron chi connectivity index (χ3n) is 14.1. The van der Waals surface area contributed by atoms with E-state index in [9.17, 15) is 47.9 Å². The lowest BCUT2D eigenvalue weighted by Gasteiger charge is -2.43. The van der Waals surface area contributed by atoms with E-state index in [0.717, 1.165) is 15.4 Å². The minimum absolute atomic E-state index is 0.0148. The predicted molar refractivity (Wildman–Crippen MR) is 264 cm³/mol. The molecule has 0 spiro atoms. The van der Waals surface area contributed by atoms with Crippen LogP contribution in [0.3, 0.4) is 0 Å². The molecule has 6 rings (SSSR count). The summed E-state index contributed by atoms with van der Waals surface area (Å²) in [5.74, 6) is -11.4. The third kappa shape index (κ3) is 14.9. The topological polar surface area (TPSA) is 235 Å². The lowest BCUT2D eigenvalue weighted by Crippen LogP contribution is -2.62. The minimum atomic E-state index is -1.50. The Morgan fingerprint density at radius 3 is 2.05 bits per heavy atom. The highest BCUT2D eigenvalue weighted by atomic mass is 19.1. The molecule has 2 aliphatic heterocycles. The van der Waals surface area contributed by atoms with E-state index in [1.807, 2.05) is 6.07 Å². The maximum atomic E-state index is 15.0. The van der Waals surface area contributed by atoms with Crippen molar-refractivity contribution in [1.29, 1.82) is 0 Å². The van der Waals surface area contributed by atoms with Gasteiger partial charge in [0.05, 0.1) is 24.4 Å². The van der Waals surface area contributed by atoms with Crippen molar-refractivity contribution in [2.75, 3.05) is 7.05 Å². The number of piperidine rings is 1. The summed E-state index contributed by atoms with van der Waals surface area (Å²) in [4.78, 5) is 130. The smallest absolute Gasteiger partial charge is 0.329 e. The van der Waals surface area contributed by atoms with Crippen molar-refractivity contribution in [3.05, 3.63) is 107 Å². The number of ether oxygens (including phenoxy) is 2. The summed E-state index contributed by atoms with van der Waals surface area (Å²) in [5.41, 5.74) is 1.72.